The van der Waals surface area contributed by atoms with E-state index in [1.165, 1.54) is 6.08 Å². The minimum atomic E-state index is -0.309. The Morgan fingerprint density at radius 1 is 1.38 bits per heavy atom. The fourth-order valence-corrected chi connectivity index (χ4v) is 1.38. The average Bonchev–Trinajstić information content (AvgIpc) is 2.27. The summed E-state index contributed by atoms with van der Waals surface area (Å²) in [4.78, 5) is 13.2. The predicted octanol–water partition coefficient (Wildman–Crippen LogP) is 2.33. The molecule has 1 aromatic carbocycles. The molecule has 86 valence electrons. The number of hydrogen-bond donors (Lipinski definition) is 0. The number of esters is 1. The van der Waals surface area contributed by atoms with Crippen LogP contribution in [-0.2, 0) is 9.53 Å². The van der Waals surface area contributed by atoms with E-state index in [4.69, 9.17) is 4.74 Å². The average molecular weight is 219 g/mol. The molecule has 1 aromatic rings. The van der Waals surface area contributed by atoms with E-state index < -0.39 is 0 Å². The number of carbonyl (C=O) groups excluding carboxylic acids is 1. The highest BCUT2D eigenvalue weighted by atomic mass is 16.5. The summed E-state index contributed by atoms with van der Waals surface area (Å²) in [5.41, 5.74) is 2.07. The van der Waals surface area contributed by atoms with Gasteiger partial charge in [-0.3, -0.25) is 0 Å². The van der Waals surface area contributed by atoms with Crippen LogP contribution in [0.4, 0.5) is 5.69 Å². The Kier molecular flexibility index (Phi) is 4.58. The van der Waals surface area contributed by atoms with Crippen LogP contribution in [0.5, 0.6) is 0 Å². The maximum atomic E-state index is 11.2. The van der Waals surface area contributed by atoms with Gasteiger partial charge in [0.05, 0.1) is 6.61 Å². The highest BCUT2D eigenvalue weighted by Gasteiger charge is 2.01. The molecule has 0 unspecified atom stereocenters. The van der Waals surface area contributed by atoms with E-state index in [0.717, 1.165) is 11.3 Å². The van der Waals surface area contributed by atoms with E-state index >= 15 is 0 Å². The summed E-state index contributed by atoms with van der Waals surface area (Å²) in [5, 5.41) is 0. The van der Waals surface area contributed by atoms with E-state index in [0.29, 0.717) is 6.61 Å². The Bertz CT molecular complexity index is 383. The minimum Gasteiger partial charge on any atom is -0.463 e. The van der Waals surface area contributed by atoms with Crippen molar-refractivity contribution in [3.63, 3.8) is 0 Å². The van der Waals surface area contributed by atoms with Crippen LogP contribution in [0.1, 0.15) is 12.5 Å². The molecule has 0 heterocycles. The fraction of sp³-hybridized carbons (Fsp3) is 0.308. The zero-order chi connectivity index (χ0) is 12.0. The van der Waals surface area contributed by atoms with Crippen molar-refractivity contribution in [2.75, 3.05) is 25.6 Å². The topological polar surface area (TPSA) is 29.5 Å². The van der Waals surface area contributed by atoms with Crippen molar-refractivity contribution in [1.29, 1.82) is 0 Å². The maximum absolute atomic E-state index is 11.2. The zero-order valence-electron chi connectivity index (χ0n) is 9.93. The quantitative estimate of drug-likeness (QED) is 0.575. The predicted molar refractivity (Wildman–Crippen MR) is 66.4 cm³/mol. The second-order valence-electron chi connectivity index (χ2n) is 3.54. The molecular weight excluding hydrogens is 202 g/mol. The fourth-order valence-electron chi connectivity index (χ4n) is 1.38. The first-order chi connectivity index (χ1) is 7.65. The Hall–Kier alpha value is -1.77. The van der Waals surface area contributed by atoms with Gasteiger partial charge in [-0.2, -0.15) is 0 Å². The Morgan fingerprint density at radius 2 is 2.06 bits per heavy atom. The third kappa shape index (κ3) is 3.42. The first kappa shape index (κ1) is 12.3. The van der Waals surface area contributed by atoms with Gasteiger partial charge in [0, 0.05) is 25.9 Å². The van der Waals surface area contributed by atoms with Crippen LogP contribution in [-0.4, -0.2) is 26.7 Å². The van der Waals surface area contributed by atoms with Crippen LogP contribution >= 0.6 is 0 Å². The standard InChI is InChI=1S/C13H17NO2/c1-4-16-13(15)10-9-11-7-5-6-8-12(11)14(2)3/h5-10H,4H2,1-3H3/b10-9+. The van der Waals surface area contributed by atoms with Gasteiger partial charge >= 0.3 is 5.97 Å². The number of ether oxygens (including phenoxy) is 1. The van der Waals surface area contributed by atoms with Gasteiger partial charge in [0.2, 0.25) is 0 Å². The lowest BCUT2D eigenvalue weighted by atomic mass is 10.1. The smallest absolute Gasteiger partial charge is 0.330 e. The summed E-state index contributed by atoms with van der Waals surface area (Å²) in [6, 6.07) is 7.88. The van der Waals surface area contributed by atoms with Crippen molar-refractivity contribution in [1.82, 2.24) is 0 Å². The molecule has 0 atom stereocenters. The van der Waals surface area contributed by atoms with Gasteiger partial charge in [0.1, 0.15) is 0 Å². The molecule has 0 saturated heterocycles. The second kappa shape index (κ2) is 5.95. The molecule has 0 amide bonds. The molecule has 3 nitrogen and oxygen atoms in total. The third-order valence-electron chi connectivity index (χ3n) is 2.10. The molecule has 16 heavy (non-hydrogen) atoms. The van der Waals surface area contributed by atoms with E-state index in [2.05, 4.69) is 0 Å². The molecule has 1 rings (SSSR count). The van der Waals surface area contributed by atoms with Crippen LogP contribution in [0.25, 0.3) is 6.08 Å². The van der Waals surface area contributed by atoms with Gasteiger partial charge in [-0.25, -0.2) is 4.79 Å². The normalized spacial score (nSPS) is 10.4. The van der Waals surface area contributed by atoms with Crippen molar-refractivity contribution in [3.8, 4) is 0 Å². The van der Waals surface area contributed by atoms with Crippen LogP contribution in [0, 0.1) is 0 Å². The zero-order valence-corrected chi connectivity index (χ0v) is 9.93. The molecule has 0 N–H and O–H groups in total. The number of carbonyl (C=O) groups is 1. The summed E-state index contributed by atoms with van der Waals surface area (Å²) >= 11 is 0. The number of para-hydroxylation sites is 1. The molecule has 3 heteroatoms. The molecular formula is C13H17NO2. The molecule has 0 aromatic heterocycles. The first-order valence-electron chi connectivity index (χ1n) is 5.26. The van der Waals surface area contributed by atoms with E-state index in [-0.39, 0.29) is 5.97 Å². The largest absolute Gasteiger partial charge is 0.463 e. The van der Waals surface area contributed by atoms with Crippen molar-refractivity contribution in [2.24, 2.45) is 0 Å². The number of nitrogens with zero attached hydrogens (tertiary/aromatic N) is 1. The van der Waals surface area contributed by atoms with Gasteiger partial charge in [-0.05, 0) is 24.6 Å². The highest BCUT2D eigenvalue weighted by Crippen LogP contribution is 2.19. The molecule has 0 fully saturated rings. The number of rotatable bonds is 4. The summed E-state index contributed by atoms with van der Waals surface area (Å²) in [6.07, 6.45) is 3.22. The Labute approximate surface area is 96.3 Å². The van der Waals surface area contributed by atoms with Crippen LogP contribution in [0.3, 0.4) is 0 Å². The minimum absolute atomic E-state index is 0.309. The van der Waals surface area contributed by atoms with Gasteiger partial charge < -0.3 is 9.64 Å². The van der Waals surface area contributed by atoms with Gasteiger partial charge in [0.25, 0.3) is 0 Å². The third-order valence-corrected chi connectivity index (χ3v) is 2.10. The van der Waals surface area contributed by atoms with Crippen molar-refractivity contribution in [2.45, 2.75) is 6.92 Å². The Balaban J connectivity index is 2.84. The molecule has 0 aliphatic heterocycles. The van der Waals surface area contributed by atoms with E-state index in [9.17, 15) is 4.79 Å². The van der Waals surface area contributed by atoms with Crippen LogP contribution in [0.2, 0.25) is 0 Å². The molecule has 0 radical (unpaired) electrons. The lowest BCUT2D eigenvalue weighted by Crippen LogP contribution is -2.09. The molecule has 0 aliphatic carbocycles. The van der Waals surface area contributed by atoms with Gasteiger partial charge in [-0.1, -0.05) is 18.2 Å². The molecule has 0 aliphatic rings. The molecule has 0 spiro atoms. The van der Waals surface area contributed by atoms with Crippen LogP contribution < -0.4 is 4.90 Å². The van der Waals surface area contributed by atoms with Crippen LogP contribution in [0.15, 0.2) is 30.3 Å². The number of anilines is 1. The summed E-state index contributed by atoms with van der Waals surface area (Å²) in [7, 11) is 3.94. The van der Waals surface area contributed by atoms with Crippen molar-refractivity contribution in [3.05, 3.63) is 35.9 Å². The van der Waals surface area contributed by atoms with Gasteiger partial charge in [0.15, 0.2) is 0 Å². The highest BCUT2D eigenvalue weighted by molar-refractivity contribution is 5.88. The maximum Gasteiger partial charge on any atom is 0.330 e. The summed E-state index contributed by atoms with van der Waals surface area (Å²) in [6.45, 7) is 2.19. The first-order valence-corrected chi connectivity index (χ1v) is 5.26. The Morgan fingerprint density at radius 3 is 2.69 bits per heavy atom. The molecule has 0 saturated carbocycles. The van der Waals surface area contributed by atoms with Crippen molar-refractivity contribution >= 4 is 17.7 Å². The van der Waals surface area contributed by atoms with E-state index in [1.54, 1.807) is 13.0 Å². The van der Waals surface area contributed by atoms with Crippen molar-refractivity contribution < 1.29 is 9.53 Å². The lowest BCUT2D eigenvalue weighted by molar-refractivity contribution is -0.137. The lowest BCUT2D eigenvalue weighted by Gasteiger charge is -2.15. The summed E-state index contributed by atoms with van der Waals surface area (Å²) in [5.74, 6) is -0.309. The number of benzene rings is 1. The number of hydrogen-bond acceptors (Lipinski definition) is 3. The second-order valence-corrected chi connectivity index (χ2v) is 3.54. The monoisotopic (exact) mass is 219 g/mol. The summed E-state index contributed by atoms with van der Waals surface area (Å²) < 4.78 is 4.82. The van der Waals surface area contributed by atoms with E-state index in [1.807, 2.05) is 43.3 Å². The molecule has 0 bridgehead atoms. The SMILES string of the molecule is CCOC(=O)/C=C/c1ccccc1N(C)C. The van der Waals surface area contributed by atoms with Gasteiger partial charge in [-0.15, -0.1) is 0 Å².